The third-order valence-electron chi connectivity index (χ3n) is 5.07. The zero-order chi connectivity index (χ0) is 26.2. The summed E-state index contributed by atoms with van der Waals surface area (Å²) in [6, 6.07) is 8.71. The van der Waals surface area contributed by atoms with Crippen molar-refractivity contribution in [3.63, 3.8) is 0 Å². The molecule has 0 N–H and O–H groups in total. The van der Waals surface area contributed by atoms with E-state index in [9.17, 15) is 18.0 Å². The van der Waals surface area contributed by atoms with E-state index < -0.39 is 22.1 Å². The summed E-state index contributed by atoms with van der Waals surface area (Å²) in [5, 5.41) is 8.59. The van der Waals surface area contributed by atoms with Crippen molar-refractivity contribution in [2.45, 2.75) is 33.6 Å². The van der Waals surface area contributed by atoms with E-state index in [4.69, 9.17) is 13.7 Å². The minimum absolute atomic E-state index is 0.0303. The lowest BCUT2D eigenvalue weighted by Crippen LogP contribution is -2.29. The molecule has 0 aliphatic rings. The number of aryl methyl sites for hydroxylation is 3. The highest BCUT2D eigenvalue weighted by Gasteiger charge is 2.17. The van der Waals surface area contributed by atoms with Crippen molar-refractivity contribution in [2.75, 3.05) is 38.5 Å². The largest absolute Gasteiger partial charge is 0.469 e. The number of nitrogens with zero attached hydrogens (tertiary/aromatic N) is 3. The maximum absolute atomic E-state index is 11.9. The van der Waals surface area contributed by atoms with Crippen molar-refractivity contribution < 1.29 is 31.7 Å². The SMILES string of the molecule is COC(=O)CCN(CCC(=O)OC)c1ccc(N=Nc2c(C)cc(C)cc2C)c(OS(C)(=O)=O)c1. The Morgan fingerprint density at radius 3 is 1.91 bits per heavy atom. The molecule has 0 atom stereocenters. The van der Waals surface area contributed by atoms with Gasteiger partial charge in [-0.15, -0.1) is 10.2 Å². The minimum atomic E-state index is -3.87. The first-order valence-corrected chi connectivity index (χ1v) is 12.7. The molecule has 0 radical (unpaired) electrons. The highest BCUT2D eigenvalue weighted by molar-refractivity contribution is 7.86. The predicted molar refractivity (Wildman–Crippen MR) is 132 cm³/mol. The molecule has 0 aliphatic heterocycles. The van der Waals surface area contributed by atoms with Crippen LogP contribution in [-0.4, -0.2) is 53.9 Å². The van der Waals surface area contributed by atoms with Gasteiger partial charge in [0.2, 0.25) is 0 Å². The molecule has 11 heteroatoms. The number of ether oxygens (including phenoxy) is 2. The van der Waals surface area contributed by atoms with Crippen molar-refractivity contribution in [3.05, 3.63) is 47.0 Å². The molecule has 0 bridgehead atoms. The highest BCUT2D eigenvalue weighted by atomic mass is 32.2. The first-order valence-electron chi connectivity index (χ1n) is 10.8. The molecule has 0 amide bonds. The van der Waals surface area contributed by atoms with Crippen molar-refractivity contribution in [1.29, 1.82) is 0 Å². The second kappa shape index (κ2) is 12.3. The molecule has 0 fully saturated rings. The summed E-state index contributed by atoms with van der Waals surface area (Å²) >= 11 is 0. The van der Waals surface area contributed by atoms with Gasteiger partial charge < -0.3 is 18.6 Å². The molecule has 0 spiro atoms. The van der Waals surface area contributed by atoms with Crippen LogP contribution in [0.15, 0.2) is 40.6 Å². The van der Waals surface area contributed by atoms with E-state index in [1.54, 1.807) is 17.0 Å². The molecule has 0 aliphatic carbocycles. The minimum Gasteiger partial charge on any atom is -0.469 e. The number of methoxy groups -OCH3 is 2. The summed E-state index contributed by atoms with van der Waals surface area (Å²) in [5.74, 6) is -0.873. The highest BCUT2D eigenvalue weighted by Crippen LogP contribution is 2.35. The van der Waals surface area contributed by atoms with Crippen LogP contribution in [0.4, 0.5) is 17.1 Å². The van der Waals surface area contributed by atoms with E-state index in [1.165, 1.54) is 20.3 Å². The molecule has 2 aromatic rings. The zero-order valence-electron chi connectivity index (χ0n) is 20.8. The Balaban J connectivity index is 2.46. The fraction of sp³-hybridized carbons (Fsp3) is 0.417. The smallest absolute Gasteiger partial charge is 0.307 e. The second-order valence-electron chi connectivity index (χ2n) is 8.03. The monoisotopic (exact) mass is 505 g/mol. The van der Waals surface area contributed by atoms with Gasteiger partial charge in [0.15, 0.2) is 5.75 Å². The third kappa shape index (κ3) is 8.67. The molecule has 0 heterocycles. The van der Waals surface area contributed by atoms with Crippen LogP contribution < -0.4 is 9.08 Å². The van der Waals surface area contributed by atoms with Gasteiger partial charge in [0.1, 0.15) is 5.69 Å². The third-order valence-corrected chi connectivity index (χ3v) is 5.55. The molecule has 10 nitrogen and oxygen atoms in total. The van der Waals surface area contributed by atoms with E-state index >= 15 is 0 Å². The number of esters is 2. The van der Waals surface area contributed by atoms with Gasteiger partial charge in [-0.3, -0.25) is 9.59 Å². The molecule has 0 aromatic heterocycles. The summed E-state index contributed by atoms with van der Waals surface area (Å²) in [4.78, 5) is 25.1. The van der Waals surface area contributed by atoms with Crippen LogP contribution in [0.3, 0.4) is 0 Å². The van der Waals surface area contributed by atoms with E-state index in [0.29, 0.717) is 11.4 Å². The fourth-order valence-electron chi connectivity index (χ4n) is 3.47. The number of hydrogen-bond acceptors (Lipinski definition) is 10. The summed E-state index contributed by atoms with van der Waals surface area (Å²) in [6.45, 7) is 6.29. The lowest BCUT2D eigenvalue weighted by atomic mass is 10.1. The standard InChI is InChI=1S/C24H31N3O7S/c1-16-13-17(2)24(18(3)14-16)26-25-20-8-7-19(15-21(20)34-35(6,30)31)27(11-9-22(28)32-4)12-10-23(29)33-5/h7-8,13-15H,9-12H2,1-6H3. The fourth-order valence-corrected chi connectivity index (χ4v) is 3.93. The first kappa shape index (κ1) is 27.8. The molecule has 190 valence electrons. The number of anilines is 1. The number of carbonyl (C=O) groups excluding carboxylic acids is 2. The molecule has 0 saturated carbocycles. The van der Waals surface area contributed by atoms with E-state index in [2.05, 4.69) is 10.2 Å². The average molecular weight is 506 g/mol. The summed E-state index contributed by atoms with van der Waals surface area (Å²) in [5.41, 5.74) is 4.39. The summed E-state index contributed by atoms with van der Waals surface area (Å²) in [7, 11) is -1.30. The molecule has 2 aromatic carbocycles. The van der Waals surface area contributed by atoms with Gasteiger partial charge in [-0.2, -0.15) is 8.42 Å². The van der Waals surface area contributed by atoms with Crippen molar-refractivity contribution >= 4 is 39.1 Å². The van der Waals surface area contributed by atoms with Gasteiger partial charge in [0.05, 0.1) is 39.0 Å². The number of benzene rings is 2. The quantitative estimate of drug-likeness (QED) is 0.252. The first-order chi connectivity index (χ1) is 16.4. The number of rotatable bonds is 11. The molecular weight excluding hydrogens is 474 g/mol. The Labute approximate surface area is 206 Å². The topological polar surface area (TPSA) is 124 Å². The van der Waals surface area contributed by atoms with E-state index in [-0.39, 0.29) is 37.4 Å². The Hall–Kier alpha value is -3.47. The van der Waals surface area contributed by atoms with Crippen LogP contribution >= 0.6 is 0 Å². The number of azo groups is 1. The maximum Gasteiger partial charge on any atom is 0.307 e. The Kier molecular flexibility index (Phi) is 9.76. The summed E-state index contributed by atoms with van der Waals surface area (Å²) in [6.07, 6.45) is 1.06. The predicted octanol–water partition coefficient (Wildman–Crippen LogP) is 4.30. The van der Waals surface area contributed by atoms with Crippen LogP contribution in [0.2, 0.25) is 0 Å². The molecular formula is C24H31N3O7S. The molecule has 2 rings (SSSR count). The van der Waals surface area contributed by atoms with Gasteiger partial charge in [-0.05, 0) is 44.0 Å². The van der Waals surface area contributed by atoms with Gasteiger partial charge in [0, 0.05) is 24.8 Å². The normalized spacial score (nSPS) is 11.4. The molecule has 0 unspecified atom stereocenters. The lowest BCUT2D eigenvalue weighted by Gasteiger charge is -2.24. The van der Waals surface area contributed by atoms with Crippen LogP contribution in [0.5, 0.6) is 5.75 Å². The number of hydrogen-bond donors (Lipinski definition) is 0. The van der Waals surface area contributed by atoms with Crippen molar-refractivity contribution in [2.24, 2.45) is 10.2 Å². The van der Waals surface area contributed by atoms with Crippen LogP contribution in [0.25, 0.3) is 0 Å². The number of carbonyl (C=O) groups is 2. The zero-order valence-corrected chi connectivity index (χ0v) is 21.6. The Morgan fingerprint density at radius 2 is 1.43 bits per heavy atom. The molecule has 0 saturated heterocycles. The van der Waals surface area contributed by atoms with Crippen LogP contribution in [0, 0.1) is 20.8 Å². The van der Waals surface area contributed by atoms with Gasteiger partial charge in [0.25, 0.3) is 0 Å². The maximum atomic E-state index is 11.9. The second-order valence-corrected chi connectivity index (χ2v) is 9.60. The van der Waals surface area contributed by atoms with Crippen LogP contribution in [-0.2, 0) is 29.2 Å². The van der Waals surface area contributed by atoms with E-state index in [0.717, 1.165) is 22.9 Å². The summed E-state index contributed by atoms with van der Waals surface area (Å²) < 4.78 is 38.5. The van der Waals surface area contributed by atoms with Crippen LogP contribution in [0.1, 0.15) is 29.5 Å². The van der Waals surface area contributed by atoms with Gasteiger partial charge >= 0.3 is 22.1 Å². The Bertz CT molecular complexity index is 1170. The average Bonchev–Trinajstić information content (AvgIpc) is 2.77. The van der Waals surface area contributed by atoms with Crippen molar-refractivity contribution in [1.82, 2.24) is 0 Å². The Morgan fingerprint density at radius 1 is 0.886 bits per heavy atom. The van der Waals surface area contributed by atoms with Gasteiger partial charge in [-0.25, -0.2) is 0 Å². The van der Waals surface area contributed by atoms with Crippen molar-refractivity contribution in [3.8, 4) is 5.75 Å². The van der Waals surface area contributed by atoms with E-state index in [1.807, 2.05) is 32.9 Å². The van der Waals surface area contributed by atoms with Gasteiger partial charge in [-0.1, -0.05) is 17.7 Å². The lowest BCUT2D eigenvalue weighted by molar-refractivity contribution is -0.140. The molecule has 35 heavy (non-hydrogen) atoms.